The lowest BCUT2D eigenvalue weighted by Crippen LogP contribution is -2.07. The molecule has 0 aliphatic carbocycles. The van der Waals surface area contributed by atoms with E-state index in [1.165, 1.54) is 44.5 Å². The second-order valence-electron chi connectivity index (χ2n) is 6.40. The highest BCUT2D eigenvalue weighted by molar-refractivity contribution is 5.48. The van der Waals surface area contributed by atoms with E-state index in [9.17, 15) is 0 Å². The predicted molar refractivity (Wildman–Crippen MR) is 93.4 cm³/mol. The SMILES string of the molecule is CCC(c1ccc(C)c(C)c1C)c1ccc(C)c(C)c1C. The summed E-state index contributed by atoms with van der Waals surface area (Å²) in [5, 5.41) is 0. The third kappa shape index (κ3) is 2.77. The van der Waals surface area contributed by atoms with Gasteiger partial charge in [-0.3, -0.25) is 0 Å². The standard InChI is InChI=1S/C21H28/c1-8-19(20-11-9-13(2)15(4)17(20)6)21-12-10-14(3)16(5)18(21)7/h9-12,19H,8H2,1-7H3. The van der Waals surface area contributed by atoms with Crippen molar-refractivity contribution >= 4 is 0 Å². The van der Waals surface area contributed by atoms with Gasteiger partial charge in [0.25, 0.3) is 0 Å². The number of aryl methyl sites for hydroxylation is 2. The van der Waals surface area contributed by atoms with E-state index in [1.807, 2.05) is 0 Å². The molecule has 2 rings (SSSR count). The number of hydrogen-bond donors (Lipinski definition) is 0. The molecule has 0 nitrogen and oxygen atoms in total. The molecule has 0 fully saturated rings. The minimum Gasteiger partial charge on any atom is -0.0645 e. The first-order valence-corrected chi connectivity index (χ1v) is 8.01. The van der Waals surface area contributed by atoms with Gasteiger partial charge in [0.15, 0.2) is 0 Å². The van der Waals surface area contributed by atoms with Crippen LogP contribution in [-0.2, 0) is 0 Å². The van der Waals surface area contributed by atoms with Gasteiger partial charge in [-0.05, 0) is 92.5 Å². The molecule has 21 heavy (non-hydrogen) atoms. The molecule has 0 spiro atoms. The van der Waals surface area contributed by atoms with Gasteiger partial charge < -0.3 is 0 Å². The fourth-order valence-electron chi connectivity index (χ4n) is 3.32. The summed E-state index contributed by atoms with van der Waals surface area (Å²) < 4.78 is 0. The van der Waals surface area contributed by atoms with Crippen LogP contribution in [0.25, 0.3) is 0 Å². The molecule has 0 unspecified atom stereocenters. The normalized spacial score (nSPS) is 11.2. The highest BCUT2D eigenvalue weighted by Gasteiger charge is 2.18. The van der Waals surface area contributed by atoms with Gasteiger partial charge in [0.2, 0.25) is 0 Å². The first-order valence-electron chi connectivity index (χ1n) is 8.01. The van der Waals surface area contributed by atoms with Crippen LogP contribution >= 0.6 is 0 Å². The molecular weight excluding hydrogens is 252 g/mol. The monoisotopic (exact) mass is 280 g/mol. The van der Waals surface area contributed by atoms with Crippen molar-refractivity contribution in [2.24, 2.45) is 0 Å². The van der Waals surface area contributed by atoms with Crippen LogP contribution in [0.1, 0.15) is 63.8 Å². The van der Waals surface area contributed by atoms with Crippen molar-refractivity contribution in [3.8, 4) is 0 Å². The molecule has 0 amide bonds. The van der Waals surface area contributed by atoms with E-state index in [4.69, 9.17) is 0 Å². The fourth-order valence-corrected chi connectivity index (χ4v) is 3.32. The highest BCUT2D eigenvalue weighted by Crippen LogP contribution is 2.35. The third-order valence-electron chi connectivity index (χ3n) is 5.36. The van der Waals surface area contributed by atoms with Gasteiger partial charge in [0, 0.05) is 5.92 Å². The zero-order valence-electron chi connectivity index (χ0n) is 14.6. The second kappa shape index (κ2) is 6.05. The van der Waals surface area contributed by atoms with Gasteiger partial charge in [0.1, 0.15) is 0 Å². The third-order valence-corrected chi connectivity index (χ3v) is 5.36. The lowest BCUT2D eigenvalue weighted by molar-refractivity contribution is 0.761. The molecule has 0 saturated heterocycles. The van der Waals surface area contributed by atoms with Crippen molar-refractivity contribution in [3.63, 3.8) is 0 Å². The van der Waals surface area contributed by atoms with E-state index in [0.29, 0.717) is 5.92 Å². The minimum absolute atomic E-state index is 0.503. The topological polar surface area (TPSA) is 0 Å². The summed E-state index contributed by atoms with van der Waals surface area (Å²) in [7, 11) is 0. The summed E-state index contributed by atoms with van der Waals surface area (Å²) in [6, 6.07) is 9.22. The average Bonchev–Trinajstić information content (AvgIpc) is 2.47. The quantitative estimate of drug-likeness (QED) is 0.639. The predicted octanol–water partition coefficient (Wildman–Crippen LogP) is 6.08. The van der Waals surface area contributed by atoms with Crippen molar-refractivity contribution in [2.75, 3.05) is 0 Å². The molecule has 0 N–H and O–H groups in total. The minimum atomic E-state index is 0.503. The molecule has 0 saturated carbocycles. The van der Waals surface area contributed by atoms with Gasteiger partial charge in [-0.2, -0.15) is 0 Å². The van der Waals surface area contributed by atoms with E-state index in [0.717, 1.165) is 6.42 Å². The fraction of sp³-hybridized carbons (Fsp3) is 0.429. The van der Waals surface area contributed by atoms with E-state index in [-0.39, 0.29) is 0 Å². The number of rotatable bonds is 3. The van der Waals surface area contributed by atoms with Gasteiger partial charge in [-0.1, -0.05) is 31.2 Å². The first kappa shape index (κ1) is 15.8. The Kier molecular flexibility index (Phi) is 4.56. The van der Waals surface area contributed by atoms with Crippen molar-refractivity contribution in [2.45, 2.75) is 60.8 Å². The number of benzene rings is 2. The number of hydrogen-bond acceptors (Lipinski definition) is 0. The Balaban J connectivity index is 2.61. The van der Waals surface area contributed by atoms with Crippen LogP contribution in [0.2, 0.25) is 0 Å². The molecule has 2 aromatic rings. The Morgan fingerprint density at radius 3 is 1.33 bits per heavy atom. The van der Waals surface area contributed by atoms with E-state index in [1.54, 1.807) is 0 Å². The van der Waals surface area contributed by atoms with Crippen molar-refractivity contribution in [1.82, 2.24) is 0 Å². The maximum atomic E-state index is 2.33. The molecule has 0 aliphatic heterocycles. The van der Waals surface area contributed by atoms with Crippen molar-refractivity contribution in [3.05, 3.63) is 68.8 Å². The van der Waals surface area contributed by atoms with Crippen LogP contribution in [0.15, 0.2) is 24.3 Å². The maximum absolute atomic E-state index is 2.33. The van der Waals surface area contributed by atoms with Crippen LogP contribution in [-0.4, -0.2) is 0 Å². The Labute approximate surface area is 130 Å². The van der Waals surface area contributed by atoms with E-state index >= 15 is 0 Å². The largest absolute Gasteiger partial charge is 0.0645 e. The molecule has 2 aromatic carbocycles. The lowest BCUT2D eigenvalue weighted by Gasteiger charge is -2.23. The van der Waals surface area contributed by atoms with Gasteiger partial charge in [-0.15, -0.1) is 0 Å². The van der Waals surface area contributed by atoms with Crippen LogP contribution in [0.4, 0.5) is 0 Å². The molecule has 0 heteroatoms. The molecular formula is C21H28. The smallest absolute Gasteiger partial charge is 0.00921 e. The Hall–Kier alpha value is -1.56. The Morgan fingerprint density at radius 2 is 1.00 bits per heavy atom. The van der Waals surface area contributed by atoms with E-state index in [2.05, 4.69) is 72.7 Å². The van der Waals surface area contributed by atoms with Gasteiger partial charge in [-0.25, -0.2) is 0 Å². The first-order chi connectivity index (χ1) is 9.88. The highest BCUT2D eigenvalue weighted by atomic mass is 14.2. The molecule has 0 aromatic heterocycles. The molecule has 0 bridgehead atoms. The summed E-state index contributed by atoms with van der Waals surface area (Å²) >= 11 is 0. The summed E-state index contributed by atoms with van der Waals surface area (Å²) in [6.45, 7) is 15.7. The molecule has 0 aliphatic rings. The molecule has 112 valence electrons. The molecule has 0 atom stereocenters. The molecule has 0 heterocycles. The summed E-state index contributed by atoms with van der Waals surface area (Å²) in [4.78, 5) is 0. The Morgan fingerprint density at radius 1 is 0.619 bits per heavy atom. The summed E-state index contributed by atoms with van der Waals surface area (Å²) in [5.74, 6) is 0.503. The van der Waals surface area contributed by atoms with Crippen LogP contribution in [0.5, 0.6) is 0 Å². The Bertz CT molecular complexity index is 605. The molecule has 0 radical (unpaired) electrons. The summed E-state index contributed by atoms with van der Waals surface area (Å²) in [5.41, 5.74) is 11.6. The average molecular weight is 280 g/mol. The van der Waals surface area contributed by atoms with Crippen LogP contribution in [0, 0.1) is 41.5 Å². The zero-order chi connectivity index (χ0) is 15.7. The van der Waals surface area contributed by atoms with Gasteiger partial charge >= 0.3 is 0 Å². The van der Waals surface area contributed by atoms with Crippen LogP contribution in [0.3, 0.4) is 0 Å². The van der Waals surface area contributed by atoms with Gasteiger partial charge in [0.05, 0.1) is 0 Å². The summed E-state index contributed by atoms with van der Waals surface area (Å²) in [6.07, 6.45) is 1.15. The lowest BCUT2D eigenvalue weighted by atomic mass is 9.81. The van der Waals surface area contributed by atoms with Crippen molar-refractivity contribution in [1.29, 1.82) is 0 Å². The zero-order valence-corrected chi connectivity index (χ0v) is 14.6. The second-order valence-corrected chi connectivity index (χ2v) is 6.40. The van der Waals surface area contributed by atoms with Crippen LogP contribution < -0.4 is 0 Å². The van der Waals surface area contributed by atoms with Crippen molar-refractivity contribution < 1.29 is 0 Å². The van der Waals surface area contributed by atoms with E-state index < -0.39 is 0 Å². The maximum Gasteiger partial charge on any atom is 0.00921 e.